The number of allylic oxidation sites excluding steroid dienone is 1. The van der Waals surface area contributed by atoms with E-state index in [9.17, 15) is 5.26 Å². The summed E-state index contributed by atoms with van der Waals surface area (Å²) in [7, 11) is 0. The van der Waals surface area contributed by atoms with E-state index in [1.54, 1.807) is 0 Å². The first-order chi connectivity index (χ1) is 14.8. The molecule has 0 spiro atoms. The lowest BCUT2D eigenvalue weighted by Gasteiger charge is -2.06. The Morgan fingerprint density at radius 2 is 1.60 bits per heavy atom. The minimum atomic E-state index is 0.527. The SMILES string of the molecule is CCOc1ccccc1/C=C(/C#N)c1nc(-c2ccc(-c3ccccc3)cc2)cs1. The summed E-state index contributed by atoms with van der Waals surface area (Å²) in [5, 5.41) is 12.4. The smallest absolute Gasteiger partial charge is 0.134 e. The predicted molar refractivity (Wildman–Crippen MR) is 124 cm³/mol. The first kappa shape index (κ1) is 19.6. The Labute approximate surface area is 180 Å². The average molecular weight is 409 g/mol. The summed E-state index contributed by atoms with van der Waals surface area (Å²) >= 11 is 1.47. The number of aromatic nitrogens is 1. The first-order valence-electron chi connectivity index (χ1n) is 9.74. The van der Waals surface area contributed by atoms with Crippen molar-refractivity contribution in [3.63, 3.8) is 0 Å². The van der Waals surface area contributed by atoms with Gasteiger partial charge in [-0.1, -0.05) is 72.8 Å². The van der Waals surface area contributed by atoms with Gasteiger partial charge in [-0.2, -0.15) is 5.26 Å². The van der Waals surface area contributed by atoms with Crippen molar-refractivity contribution >= 4 is 23.0 Å². The van der Waals surface area contributed by atoms with Gasteiger partial charge in [-0.15, -0.1) is 11.3 Å². The van der Waals surface area contributed by atoms with Gasteiger partial charge in [0.05, 0.1) is 17.9 Å². The summed E-state index contributed by atoms with van der Waals surface area (Å²) in [5.41, 5.74) is 5.66. The second-order valence-corrected chi connectivity index (χ2v) is 7.48. The molecule has 0 N–H and O–H groups in total. The number of hydrogen-bond acceptors (Lipinski definition) is 4. The lowest BCUT2D eigenvalue weighted by Crippen LogP contribution is -1.93. The molecule has 0 amide bonds. The molecule has 0 aliphatic heterocycles. The molecule has 30 heavy (non-hydrogen) atoms. The van der Waals surface area contributed by atoms with Crippen molar-refractivity contribution in [1.82, 2.24) is 4.98 Å². The van der Waals surface area contributed by atoms with E-state index in [4.69, 9.17) is 9.72 Å². The van der Waals surface area contributed by atoms with E-state index in [0.29, 0.717) is 17.2 Å². The zero-order valence-corrected chi connectivity index (χ0v) is 17.4. The molecule has 1 aromatic heterocycles. The second-order valence-electron chi connectivity index (χ2n) is 6.62. The molecular formula is C26H20N2OS. The maximum absolute atomic E-state index is 9.71. The van der Waals surface area contributed by atoms with Gasteiger partial charge in [0.25, 0.3) is 0 Å². The van der Waals surface area contributed by atoms with E-state index in [0.717, 1.165) is 22.6 Å². The molecule has 1 heterocycles. The fourth-order valence-electron chi connectivity index (χ4n) is 3.18. The molecule has 0 aliphatic rings. The number of hydrogen-bond donors (Lipinski definition) is 0. The van der Waals surface area contributed by atoms with Crippen molar-refractivity contribution in [2.75, 3.05) is 6.61 Å². The van der Waals surface area contributed by atoms with Gasteiger partial charge < -0.3 is 4.74 Å². The Balaban J connectivity index is 1.61. The molecule has 4 aromatic rings. The second kappa shape index (κ2) is 9.21. The number of ether oxygens (including phenoxy) is 1. The Hall–Kier alpha value is -3.68. The van der Waals surface area contributed by atoms with Gasteiger partial charge >= 0.3 is 0 Å². The number of rotatable bonds is 6. The highest BCUT2D eigenvalue weighted by atomic mass is 32.1. The highest BCUT2D eigenvalue weighted by molar-refractivity contribution is 7.11. The summed E-state index contributed by atoms with van der Waals surface area (Å²) in [4.78, 5) is 4.71. The summed E-state index contributed by atoms with van der Waals surface area (Å²) in [6.45, 7) is 2.52. The van der Waals surface area contributed by atoms with E-state index in [-0.39, 0.29) is 0 Å². The third kappa shape index (κ3) is 4.32. The zero-order valence-electron chi connectivity index (χ0n) is 16.6. The predicted octanol–water partition coefficient (Wildman–Crippen LogP) is 6.94. The molecular weight excluding hydrogens is 388 g/mol. The molecule has 4 heteroatoms. The van der Waals surface area contributed by atoms with Crippen LogP contribution in [0, 0.1) is 11.3 Å². The van der Waals surface area contributed by atoms with Crippen LogP contribution in [0.5, 0.6) is 5.75 Å². The Bertz CT molecular complexity index is 1200. The molecule has 4 rings (SSSR count). The van der Waals surface area contributed by atoms with Gasteiger partial charge in [0.2, 0.25) is 0 Å². The Morgan fingerprint density at radius 3 is 2.33 bits per heavy atom. The van der Waals surface area contributed by atoms with Crippen LogP contribution < -0.4 is 4.74 Å². The quantitative estimate of drug-likeness (QED) is 0.325. The average Bonchev–Trinajstić information content (AvgIpc) is 3.29. The van der Waals surface area contributed by atoms with Crippen molar-refractivity contribution in [3.8, 4) is 34.2 Å². The largest absolute Gasteiger partial charge is 0.493 e. The number of para-hydroxylation sites is 1. The van der Waals surface area contributed by atoms with Crippen LogP contribution in [0.2, 0.25) is 0 Å². The van der Waals surface area contributed by atoms with Crippen molar-refractivity contribution < 1.29 is 4.74 Å². The van der Waals surface area contributed by atoms with Crippen molar-refractivity contribution in [2.24, 2.45) is 0 Å². The molecule has 0 saturated heterocycles. The fourth-order valence-corrected chi connectivity index (χ4v) is 3.97. The molecule has 3 nitrogen and oxygen atoms in total. The van der Waals surface area contributed by atoms with E-state index >= 15 is 0 Å². The van der Waals surface area contributed by atoms with Gasteiger partial charge in [-0.05, 0) is 30.2 Å². The normalized spacial score (nSPS) is 11.1. The van der Waals surface area contributed by atoms with Crippen molar-refractivity contribution in [2.45, 2.75) is 6.92 Å². The molecule has 146 valence electrons. The highest BCUT2D eigenvalue weighted by Crippen LogP contribution is 2.30. The first-order valence-corrected chi connectivity index (χ1v) is 10.6. The van der Waals surface area contributed by atoms with Crippen molar-refractivity contribution in [3.05, 3.63) is 94.8 Å². The van der Waals surface area contributed by atoms with Gasteiger partial charge in [-0.3, -0.25) is 0 Å². The van der Waals surface area contributed by atoms with Crippen LogP contribution in [0.3, 0.4) is 0 Å². The van der Waals surface area contributed by atoms with Crippen molar-refractivity contribution in [1.29, 1.82) is 5.26 Å². The highest BCUT2D eigenvalue weighted by Gasteiger charge is 2.11. The summed E-state index contributed by atoms with van der Waals surface area (Å²) in [6.07, 6.45) is 1.84. The van der Waals surface area contributed by atoms with E-state index < -0.39 is 0 Å². The van der Waals surface area contributed by atoms with Crippen LogP contribution in [-0.4, -0.2) is 11.6 Å². The lowest BCUT2D eigenvalue weighted by molar-refractivity contribution is 0.339. The van der Waals surface area contributed by atoms with Gasteiger partial charge in [0, 0.05) is 16.5 Å². The topological polar surface area (TPSA) is 45.9 Å². The van der Waals surface area contributed by atoms with Crippen LogP contribution in [0.15, 0.2) is 84.2 Å². The summed E-state index contributed by atoms with van der Waals surface area (Å²) in [5.74, 6) is 0.765. The molecule has 0 saturated carbocycles. The van der Waals surface area contributed by atoms with E-state index in [1.165, 1.54) is 22.5 Å². The molecule has 0 unspecified atom stereocenters. The third-order valence-electron chi connectivity index (χ3n) is 4.66. The van der Waals surface area contributed by atoms with Crippen LogP contribution >= 0.6 is 11.3 Å². The number of nitrogens with zero attached hydrogens (tertiary/aromatic N) is 2. The Kier molecular flexibility index (Phi) is 6.03. The van der Waals surface area contributed by atoms with E-state index in [2.05, 4.69) is 42.5 Å². The maximum Gasteiger partial charge on any atom is 0.134 e. The lowest BCUT2D eigenvalue weighted by atomic mass is 10.0. The van der Waals surface area contributed by atoms with Crippen LogP contribution in [0.4, 0.5) is 0 Å². The molecule has 0 atom stereocenters. The van der Waals surface area contributed by atoms with Crippen LogP contribution in [0.25, 0.3) is 34.0 Å². The zero-order chi connectivity index (χ0) is 20.8. The minimum Gasteiger partial charge on any atom is -0.493 e. The van der Waals surface area contributed by atoms with Crippen LogP contribution in [-0.2, 0) is 0 Å². The van der Waals surface area contributed by atoms with Crippen LogP contribution in [0.1, 0.15) is 17.5 Å². The summed E-state index contributed by atoms with van der Waals surface area (Å²) in [6, 6.07) is 28.6. The molecule has 3 aromatic carbocycles. The number of thiazole rings is 1. The minimum absolute atomic E-state index is 0.527. The molecule has 0 radical (unpaired) electrons. The van der Waals surface area contributed by atoms with Gasteiger partial charge in [0.15, 0.2) is 0 Å². The van der Waals surface area contributed by atoms with Gasteiger partial charge in [-0.25, -0.2) is 4.98 Å². The maximum atomic E-state index is 9.71. The molecule has 0 bridgehead atoms. The number of benzene rings is 3. The molecule has 0 fully saturated rings. The Morgan fingerprint density at radius 1 is 0.933 bits per heavy atom. The third-order valence-corrected chi connectivity index (χ3v) is 5.54. The monoisotopic (exact) mass is 408 g/mol. The van der Waals surface area contributed by atoms with Gasteiger partial charge in [0.1, 0.15) is 16.8 Å². The number of nitriles is 1. The van der Waals surface area contributed by atoms with E-state index in [1.807, 2.05) is 60.8 Å². The summed E-state index contributed by atoms with van der Waals surface area (Å²) < 4.78 is 5.67. The fraction of sp³-hybridized carbons (Fsp3) is 0.0769. The molecule has 0 aliphatic carbocycles. The standard InChI is InChI=1S/C26H20N2OS/c1-2-29-25-11-7-6-10-22(25)16-23(17-27)26-28-24(18-30-26)21-14-12-20(13-15-21)19-8-4-3-5-9-19/h3-16,18H,2H2,1H3/b23-16-.